The van der Waals surface area contributed by atoms with E-state index >= 15 is 4.39 Å². The number of allylic oxidation sites excluding steroid dienone is 1. The lowest BCUT2D eigenvalue weighted by molar-refractivity contribution is -0.113. The average molecular weight is 540 g/mol. The van der Waals surface area contributed by atoms with Gasteiger partial charge in [0.2, 0.25) is 11.1 Å². The van der Waals surface area contributed by atoms with Gasteiger partial charge in [0.25, 0.3) is 5.91 Å². The number of amides is 1. The summed E-state index contributed by atoms with van der Waals surface area (Å²) in [6, 6.07) is 19.9. The molecule has 1 amide bonds. The molecule has 1 atom stereocenters. The molecule has 1 aromatic heterocycles. The first-order chi connectivity index (χ1) is 17.4. The van der Waals surface area contributed by atoms with Crippen LogP contribution < -0.4 is 10.6 Å². The van der Waals surface area contributed by atoms with E-state index in [1.807, 2.05) is 24.3 Å². The van der Waals surface area contributed by atoms with Crippen molar-refractivity contribution in [3.05, 3.63) is 111 Å². The molecule has 182 valence electrons. The van der Waals surface area contributed by atoms with Crippen LogP contribution in [0.3, 0.4) is 0 Å². The summed E-state index contributed by atoms with van der Waals surface area (Å²) in [7, 11) is 0. The summed E-state index contributed by atoms with van der Waals surface area (Å²) < 4.78 is 16.6. The second-order valence-electron chi connectivity index (χ2n) is 8.13. The van der Waals surface area contributed by atoms with Gasteiger partial charge < -0.3 is 10.6 Å². The quantitative estimate of drug-likeness (QED) is 0.259. The normalized spacial score (nSPS) is 14.8. The molecule has 3 aromatic carbocycles. The average Bonchev–Trinajstić information content (AvgIpc) is 3.27. The summed E-state index contributed by atoms with van der Waals surface area (Å²) in [6.45, 7) is 1.77. The van der Waals surface area contributed by atoms with Gasteiger partial charge >= 0.3 is 0 Å². The second kappa shape index (κ2) is 10.3. The van der Waals surface area contributed by atoms with Crippen molar-refractivity contribution in [2.24, 2.45) is 0 Å². The Hall–Kier alpha value is -3.33. The molecule has 0 radical (unpaired) electrons. The molecule has 1 aliphatic heterocycles. The maximum atomic E-state index is 15.0. The number of hydrogen-bond donors (Lipinski definition) is 2. The standard InChI is InChI=1S/C26H20Cl2FN5OS/c1-15-22(24(35)31-19-12-10-18(28)11-13-19)23(20-4-2-3-5-21(20)29)34-25(30-15)32-26(33-34)36-14-16-6-8-17(27)9-7-16/h2-13,23H,14H2,1H3,(H,31,35)(H,30,32,33). The summed E-state index contributed by atoms with van der Waals surface area (Å²) >= 11 is 13.4. The van der Waals surface area contributed by atoms with Gasteiger partial charge in [0.1, 0.15) is 11.9 Å². The van der Waals surface area contributed by atoms with Crippen LogP contribution in [0.1, 0.15) is 24.1 Å². The number of halogens is 3. The minimum absolute atomic E-state index is 0.319. The van der Waals surface area contributed by atoms with E-state index in [1.165, 1.54) is 17.8 Å². The van der Waals surface area contributed by atoms with Crippen LogP contribution in [0.4, 0.5) is 16.0 Å². The Morgan fingerprint density at radius 2 is 1.72 bits per heavy atom. The number of fused-ring (bicyclic) bond motifs is 1. The Morgan fingerprint density at radius 1 is 1.06 bits per heavy atom. The van der Waals surface area contributed by atoms with E-state index in [4.69, 9.17) is 23.2 Å². The fourth-order valence-corrected chi connectivity index (χ4v) is 4.97. The first-order valence-electron chi connectivity index (χ1n) is 11.0. The molecule has 1 unspecified atom stereocenters. The van der Waals surface area contributed by atoms with Crippen molar-refractivity contribution in [3.63, 3.8) is 0 Å². The Balaban J connectivity index is 1.49. The number of benzene rings is 3. The number of anilines is 2. The number of nitrogens with one attached hydrogen (secondary N) is 2. The first-order valence-corrected chi connectivity index (χ1v) is 12.8. The lowest BCUT2D eigenvalue weighted by Gasteiger charge is -2.28. The number of rotatable bonds is 6. The van der Waals surface area contributed by atoms with Crippen molar-refractivity contribution in [2.75, 3.05) is 10.6 Å². The molecule has 2 N–H and O–H groups in total. The van der Waals surface area contributed by atoms with Crippen LogP contribution in [0, 0.1) is 5.82 Å². The lowest BCUT2D eigenvalue weighted by atomic mass is 9.94. The first kappa shape index (κ1) is 24.4. The number of hydrogen-bond acceptors (Lipinski definition) is 5. The van der Waals surface area contributed by atoms with Crippen LogP contribution in [0.5, 0.6) is 0 Å². The Kier molecular flexibility index (Phi) is 7.00. The van der Waals surface area contributed by atoms with Gasteiger partial charge in [-0.2, -0.15) is 4.98 Å². The minimum atomic E-state index is -0.813. The maximum Gasteiger partial charge on any atom is 0.255 e. The van der Waals surface area contributed by atoms with Gasteiger partial charge in [-0.3, -0.25) is 4.79 Å². The van der Waals surface area contributed by atoms with Crippen molar-refractivity contribution in [1.29, 1.82) is 0 Å². The van der Waals surface area contributed by atoms with Crippen LogP contribution in [0.25, 0.3) is 0 Å². The van der Waals surface area contributed by atoms with Crippen molar-refractivity contribution in [2.45, 2.75) is 23.9 Å². The van der Waals surface area contributed by atoms with Crippen LogP contribution in [-0.2, 0) is 10.5 Å². The molecule has 0 saturated heterocycles. The highest BCUT2D eigenvalue weighted by atomic mass is 35.5. The largest absolute Gasteiger partial charge is 0.328 e. The van der Waals surface area contributed by atoms with Crippen molar-refractivity contribution in [1.82, 2.24) is 14.8 Å². The van der Waals surface area contributed by atoms with Crippen LogP contribution in [-0.4, -0.2) is 20.7 Å². The number of nitrogens with zero attached hydrogens (tertiary/aromatic N) is 3. The monoisotopic (exact) mass is 539 g/mol. The van der Waals surface area contributed by atoms with Gasteiger partial charge in [-0.05, 0) is 55.0 Å². The molecule has 0 bridgehead atoms. The molecular weight excluding hydrogens is 520 g/mol. The van der Waals surface area contributed by atoms with E-state index < -0.39 is 11.9 Å². The fraction of sp³-hybridized carbons (Fsp3) is 0.115. The Morgan fingerprint density at radius 3 is 2.42 bits per heavy atom. The Bertz CT molecular complexity index is 1450. The molecular formula is C26H20Cl2FN5OS. The third kappa shape index (κ3) is 5.11. The van der Waals surface area contributed by atoms with Gasteiger partial charge in [-0.15, -0.1) is 5.10 Å². The van der Waals surface area contributed by atoms with Gasteiger partial charge in [0, 0.05) is 32.7 Å². The smallest absolute Gasteiger partial charge is 0.255 e. The number of thioether (sulfide) groups is 1. The fourth-order valence-electron chi connectivity index (χ4n) is 3.93. The van der Waals surface area contributed by atoms with E-state index in [0.717, 1.165) is 5.56 Å². The zero-order chi connectivity index (χ0) is 25.2. The lowest BCUT2D eigenvalue weighted by Crippen LogP contribution is -2.32. The molecule has 0 saturated carbocycles. The van der Waals surface area contributed by atoms with E-state index in [9.17, 15) is 4.79 Å². The summed E-state index contributed by atoms with van der Waals surface area (Å²) in [4.78, 5) is 18.1. The zero-order valence-electron chi connectivity index (χ0n) is 19.0. The van der Waals surface area contributed by atoms with Gasteiger partial charge in [0.15, 0.2) is 0 Å². The summed E-state index contributed by atoms with van der Waals surface area (Å²) in [5, 5.41) is 12.4. The highest BCUT2D eigenvalue weighted by molar-refractivity contribution is 7.98. The van der Waals surface area contributed by atoms with Crippen molar-refractivity contribution in [3.8, 4) is 0 Å². The van der Waals surface area contributed by atoms with Gasteiger partial charge in [-0.1, -0.05) is 65.3 Å². The highest BCUT2D eigenvalue weighted by Gasteiger charge is 2.35. The molecule has 10 heteroatoms. The number of carbonyl (C=O) groups is 1. The van der Waals surface area contributed by atoms with Crippen LogP contribution in [0.2, 0.25) is 10.0 Å². The molecule has 5 rings (SSSR count). The van der Waals surface area contributed by atoms with Crippen LogP contribution in [0.15, 0.2) is 89.2 Å². The second-order valence-corrected chi connectivity index (χ2v) is 9.94. The van der Waals surface area contributed by atoms with Gasteiger partial charge in [-0.25, -0.2) is 9.07 Å². The highest BCUT2D eigenvalue weighted by Crippen LogP contribution is 2.38. The molecule has 1 aliphatic rings. The molecule has 4 aromatic rings. The Labute approximate surface area is 221 Å². The zero-order valence-corrected chi connectivity index (χ0v) is 21.3. The van der Waals surface area contributed by atoms with E-state index in [1.54, 1.807) is 54.1 Å². The number of aromatic nitrogens is 3. The topological polar surface area (TPSA) is 71.8 Å². The molecule has 0 fully saturated rings. The van der Waals surface area contributed by atoms with E-state index in [0.29, 0.717) is 49.4 Å². The SMILES string of the molecule is CC1=C(C(=O)Nc2ccc(Cl)cc2)C(c2ccccc2F)n2nc(SCc3ccc(Cl)cc3)nc2N1. The third-order valence-corrected chi connectivity index (χ3v) is 7.07. The number of carbonyl (C=O) groups excluding carboxylic acids is 1. The molecule has 6 nitrogen and oxygen atoms in total. The molecule has 36 heavy (non-hydrogen) atoms. The maximum absolute atomic E-state index is 15.0. The van der Waals surface area contributed by atoms with Crippen molar-refractivity contribution < 1.29 is 9.18 Å². The van der Waals surface area contributed by atoms with E-state index in [2.05, 4.69) is 20.7 Å². The van der Waals surface area contributed by atoms with Gasteiger partial charge in [0.05, 0.1) is 5.57 Å². The molecule has 0 aliphatic carbocycles. The minimum Gasteiger partial charge on any atom is -0.328 e. The van der Waals surface area contributed by atoms with Crippen molar-refractivity contribution >= 4 is 52.5 Å². The predicted molar refractivity (Wildman–Crippen MR) is 142 cm³/mol. The molecule has 2 heterocycles. The van der Waals surface area contributed by atoms with E-state index in [-0.39, 0.29) is 5.91 Å². The third-order valence-electron chi connectivity index (χ3n) is 5.66. The summed E-state index contributed by atoms with van der Waals surface area (Å²) in [5.41, 5.74) is 2.85. The predicted octanol–water partition coefficient (Wildman–Crippen LogP) is 6.94. The molecule has 0 spiro atoms. The van der Waals surface area contributed by atoms with Crippen LogP contribution >= 0.6 is 35.0 Å². The summed E-state index contributed by atoms with van der Waals surface area (Å²) in [6.07, 6.45) is 0. The summed E-state index contributed by atoms with van der Waals surface area (Å²) in [5.74, 6) is 0.238.